The summed E-state index contributed by atoms with van der Waals surface area (Å²) in [5.41, 5.74) is 2.79. The molecule has 1 aromatic rings. The number of nitrogens with one attached hydrogen (secondary N) is 2. The second-order valence-corrected chi connectivity index (χ2v) is 8.21. The molecule has 1 atom stereocenters. The maximum Gasteiger partial charge on any atom is 0.255 e. The highest BCUT2D eigenvalue weighted by atomic mass is 16.5. The number of hydrogen-bond acceptors (Lipinski definition) is 6. The Morgan fingerprint density at radius 3 is 2.82 bits per heavy atom. The molecule has 1 aromatic carbocycles. The van der Waals surface area contributed by atoms with E-state index in [2.05, 4.69) is 21.6 Å². The highest BCUT2D eigenvalue weighted by Gasteiger charge is 2.45. The van der Waals surface area contributed by atoms with E-state index in [0.29, 0.717) is 18.5 Å². The summed E-state index contributed by atoms with van der Waals surface area (Å²) in [6, 6.07) is 5.49. The van der Waals surface area contributed by atoms with Crippen molar-refractivity contribution in [3.63, 3.8) is 0 Å². The van der Waals surface area contributed by atoms with Crippen LogP contribution in [0.5, 0.6) is 0 Å². The SMILES string of the molecule is O=C1CCC(N2Cc3ccc(CN4CCNCC45COC5)cc3C2=O)C(=O)N1. The number of hydrogen-bond donors (Lipinski definition) is 2. The molecule has 8 nitrogen and oxygen atoms in total. The molecule has 0 aliphatic carbocycles. The van der Waals surface area contributed by atoms with Gasteiger partial charge >= 0.3 is 0 Å². The third kappa shape index (κ3) is 2.83. The van der Waals surface area contributed by atoms with Crippen molar-refractivity contribution in [1.29, 1.82) is 0 Å². The number of benzene rings is 1. The molecule has 28 heavy (non-hydrogen) atoms. The number of nitrogens with zero attached hydrogens (tertiary/aromatic N) is 2. The van der Waals surface area contributed by atoms with Gasteiger partial charge in [0.25, 0.3) is 5.91 Å². The van der Waals surface area contributed by atoms with Gasteiger partial charge in [0, 0.05) is 44.7 Å². The first-order valence-electron chi connectivity index (χ1n) is 9.86. The van der Waals surface area contributed by atoms with Gasteiger partial charge in [-0.3, -0.25) is 24.6 Å². The van der Waals surface area contributed by atoms with E-state index < -0.39 is 6.04 Å². The number of imide groups is 1. The van der Waals surface area contributed by atoms with Gasteiger partial charge < -0.3 is 15.0 Å². The van der Waals surface area contributed by atoms with Gasteiger partial charge in [0.05, 0.1) is 18.8 Å². The van der Waals surface area contributed by atoms with E-state index in [9.17, 15) is 14.4 Å². The normalized spacial score (nSPS) is 26.9. The molecule has 4 aliphatic heterocycles. The van der Waals surface area contributed by atoms with Crippen LogP contribution in [0.1, 0.15) is 34.3 Å². The second-order valence-electron chi connectivity index (χ2n) is 8.21. The fourth-order valence-electron chi connectivity index (χ4n) is 4.67. The van der Waals surface area contributed by atoms with Crippen LogP contribution in [0.2, 0.25) is 0 Å². The lowest BCUT2D eigenvalue weighted by Gasteiger charge is -2.52. The van der Waals surface area contributed by atoms with Crippen molar-refractivity contribution in [2.45, 2.75) is 37.5 Å². The maximum atomic E-state index is 13.0. The van der Waals surface area contributed by atoms with Crippen LogP contribution in [0.4, 0.5) is 0 Å². The van der Waals surface area contributed by atoms with E-state index in [1.54, 1.807) is 4.90 Å². The number of fused-ring (bicyclic) bond motifs is 1. The lowest BCUT2D eigenvalue weighted by Crippen LogP contribution is -2.70. The Hall–Kier alpha value is -2.29. The molecule has 1 spiro atoms. The van der Waals surface area contributed by atoms with Crippen LogP contribution in [0.15, 0.2) is 18.2 Å². The molecular formula is C20H24N4O4. The van der Waals surface area contributed by atoms with E-state index in [1.807, 2.05) is 12.1 Å². The number of rotatable bonds is 3. The molecule has 3 fully saturated rings. The Labute approximate surface area is 163 Å². The standard InChI is InChI=1S/C20H24N4O4/c25-17-4-3-16(18(26)22-17)24-9-14-2-1-13(7-15(14)19(24)27)8-23-6-5-21-10-20(23)11-28-12-20/h1-2,7,16,21H,3-6,8-12H2,(H,22,25,26). The Morgan fingerprint density at radius 1 is 1.21 bits per heavy atom. The molecule has 3 saturated heterocycles. The van der Waals surface area contributed by atoms with Crippen LogP contribution in [0.3, 0.4) is 0 Å². The summed E-state index contributed by atoms with van der Waals surface area (Å²) in [6.07, 6.45) is 0.662. The summed E-state index contributed by atoms with van der Waals surface area (Å²) in [7, 11) is 0. The minimum Gasteiger partial charge on any atom is -0.377 e. The minimum atomic E-state index is -0.565. The predicted octanol–water partition coefficient (Wildman–Crippen LogP) is -0.378. The lowest BCUT2D eigenvalue weighted by atomic mass is 9.91. The third-order valence-corrected chi connectivity index (χ3v) is 6.39. The second kappa shape index (κ2) is 6.65. The Balaban J connectivity index is 1.33. The smallest absolute Gasteiger partial charge is 0.255 e. The molecule has 3 amide bonds. The zero-order valence-corrected chi connectivity index (χ0v) is 15.7. The van der Waals surface area contributed by atoms with Crippen molar-refractivity contribution in [2.24, 2.45) is 0 Å². The van der Waals surface area contributed by atoms with E-state index >= 15 is 0 Å². The van der Waals surface area contributed by atoms with E-state index in [-0.39, 0.29) is 29.7 Å². The van der Waals surface area contributed by atoms with Gasteiger partial charge in [-0.25, -0.2) is 0 Å². The van der Waals surface area contributed by atoms with Crippen molar-refractivity contribution in [3.8, 4) is 0 Å². The fourth-order valence-corrected chi connectivity index (χ4v) is 4.67. The first-order chi connectivity index (χ1) is 13.6. The van der Waals surface area contributed by atoms with E-state index in [1.165, 1.54) is 0 Å². The fraction of sp³-hybridized carbons (Fsp3) is 0.550. The summed E-state index contributed by atoms with van der Waals surface area (Å²) >= 11 is 0. The molecule has 0 aromatic heterocycles. The average molecular weight is 384 g/mol. The predicted molar refractivity (Wildman–Crippen MR) is 99.3 cm³/mol. The maximum absolute atomic E-state index is 13.0. The zero-order chi connectivity index (χ0) is 19.3. The molecule has 2 N–H and O–H groups in total. The first-order valence-corrected chi connectivity index (χ1v) is 9.86. The van der Waals surface area contributed by atoms with Gasteiger partial charge in [-0.1, -0.05) is 12.1 Å². The topological polar surface area (TPSA) is 91.0 Å². The number of carbonyl (C=O) groups is 3. The summed E-state index contributed by atoms with van der Waals surface area (Å²) in [4.78, 5) is 40.6. The van der Waals surface area contributed by atoms with Gasteiger partial charge in [-0.05, 0) is 23.6 Å². The molecule has 0 saturated carbocycles. The molecule has 8 heteroatoms. The van der Waals surface area contributed by atoms with Crippen LogP contribution >= 0.6 is 0 Å². The number of carbonyl (C=O) groups excluding carboxylic acids is 3. The van der Waals surface area contributed by atoms with Gasteiger partial charge in [-0.2, -0.15) is 0 Å². The summed E-state index contributed by atoms with van der Waals surface area (Å²) in [5, 5.41) is 5.79. The van der Waals surface area contributed by atoms with Crippen LogP contribution in [0.25, 0.3) is 0 Å². The number of piperazine rings is 1. The number of amides is 3. The quantitative estimate of drug-likeness (QED) is 0.691. The van der Waals surface area contributed by atoms with Gasteiger partial charge in [0.1, 0.15) is 6.04 Å². The highest BCUT2D eigenvalue weighted by Crippen LogP contribution is 2.31. The molecule has 148 valence electrons. The van der Waals surface area contributed by atoms with Crippen LogP contribution < -0.4 is 10.6 Å². The Bertz CT molecular complexity index is 851. The number of ether oxygens (including phenoxy) is 1. The van der Waals surface area contributed by atoms with Gasteiger partial charge in [0.2, 0.25) is 11.8 Å². The first kappa shape index (κ1) is 17.8. The van der Waals surface area contributed by atoms with Crippen molar-refractivity contribution in [2.75, 3.05) is 32.8 Å². The molecule has 0 bridgehead atoms. The monoisotopic (exact) mass is 384 g/mol. The summed E-state index contributed by atoms with van der Waals surface area (Å²) < 4.78 is 5.47. The molecule has 1 unspecified atom stereocenters. The van der Waals surface area contributed by atoms with Gasteiger partial charge in [-0.15, -0.1) is 0 Å². The zero-order valence-electron chi connectivity index (χ0n) is 15.7. The van der Waals surface area contributed by atoms with Crippen molar-refractivity contribution >= 4 is 17.7 Å². The molecule has 5 rings (SSSR count). The molecule has 4 heterocycles. The molecular weight excluding hydrogens is 360 g/mol. The highest BCUT2D eigenvalue weighted by molar-refractivity contribution is 6.05. The van der Waals surface area contributed by atoms with E-state index in [0.717, 1.165) is 50.5 Å². The van der Waals surface area contributed by atoms with Gasteiger partial charge in [0.15, 0.2) is 0 Å². The van der Waals surface area contributed by atoms with Crippen molar-refractivity contribution < 1.29 is 19.1 Å². The van der Waals surface area contributed by atoms with Crippen LogP contribution in [0, 0.1) is 0 Å². The third-order valence-electron chi connectivity index (χ3n) is 6.39. The van der Waals surface area contributed by atoms with Crippen molar-refractivity contribution in [1.82, 2.24) is 20.4 Å². The Kier molecular flexibility index (Phi) is 4.22. The van der Waals surface area contributed by atoms with Crippen molar-refractivity contribution in [3.05, 3.63) is 34.9 Å². The molecule has 4 aliphatic rings. The van der Waals surface area contributed by atoms with Crippen LogP contribution in [-0.4, -0.2) is 72.0 Å². The minimum absolute atomic E-state index is 0.0695. The lowest BCUT2D eigenvalue weighted by molar-refractivity contribution is -0.151. The summed E-state index contributed by atoms with van der Waals surface area (Å²) in [5.74, 6) is -0.753. The summed E-state index contributed by atoms with van der Waals surface area (Å²) in [6.45, 7) is 5.53. The Morgan fingerprint density at radius 2 is 2.07 bits per heavy atom. The van der Waals surface area contributed by atoms with E-state index in [4.69, 9.17) is 4.74 Å². The number of piperidine rings is 1. The average Bonchev–Trinajstić information content (AvgIpc) is 2.97. The van der Waals surface area contributed by atoms with Crippen LogP contribution in [-0.2, 0) is 27.4 Å². The largest absolute Gasteiger partial charge is 0.377 e. The molecule has 0 radical (unpaired) electrons.